The van der Waals surface area contributed by atoms with Crippen molar-refractivity contribution < 1.29 is 4.52 Å². The van der Waals surface area contributed by atoms with Crippen molar-refractivity contribution in [3.05, 3.63) is 35.7 Å². The number of aromatic nitrogens is 2. The molecule has 4 nitrogen and oxygen atoms in total. The van der Waals surface area contributed by atoms with Gasteiger partial charge in [0.2, 0.25) is 11.7 Å². The molecule has 0 aliphatic carbocycles. The van der Waals surface area contributed by atoms with E-state index in [9.17, 15) is 0 Å². The number of hydrogen-bond acceptors (Lipinski definition) is 4. The van der Waals surface area contributed by atoms with Gasteiger partial charge in [0.05, 0.1) is 0 Å². The van der Waals surface area contributed by atoms with Gasteiger partial charge in [0.25, 0.3) is 0 Å². The van der Waals surface area contributed by atoms with Crippen molar-refractivity contribution >= 4 is 12.4 Å². The highest BCUT2D eigenvalue weighted by Crippen LogP contribution is 2.20. The van der Waals surface area contributed by atoms with Gasteiger partial charge in [-0.25, -0.2) is 0 Å². The molecule has 0 bridgehead atoms. The maximum absolute atomic E-state index is 5.40. The van der Waals surface area contributed by atoms with Gasteiger partial charge in [-0.3, -0.25) is 0 Å². The Morgan fingerprint density at radius 1 is 1.19 bits per heavy atom. The average molecular weight is 308 g/mol. The van der Waals surface area contributed by atoms with Crippen molar-refractivity contribution in [2.75, 3.05) is 13.1 Å². The zero-order valence-electron chi connectivity index (χ0n) is 12.3. The Morgan fingerprint density at radius 3 is 2.57 bits per heavy atom. The highest BCUT2D eigenvalue weighted by atomic mass is 35.5. The van der Waals surface area contributed by atoms with E-state index >= 15 is 0 Å². The molecule has 3 rings (SSSR count). The zero-order valence-corrected chi connectivity index (χ0v) is 13.2. The molecule has 2 heterocycles. The van der Waals surface area contributed by atoms with Crippen LogP contribution in [0.3, 0.4) is 0 Å². The maximum atomic E-state index is 5.40. The van der Waals surface area contributed by atoms with Gasteiger partial charge < -0.3 is 9.84 Å². The molecule has 21 heavy (non-hydrogen) atoms. The summed E-state index contributed by atoms with van der Waals surface area (Å²) in [5, 5.41) is 7.48. The minimum Gasteiger partial charge on any atom is -0.339 e. The lowest BCUT2D eigenvalue weighted by Crippen LogP contribution is -2.28. The van der Waals surface area contributed by atoms with Crippen LogP contribution in [0.1, 0.15) is 31.2 Å². The van der Waals surface area contributed by atoms with E-state index in [2.05, 4.69) is 46.6 Å². The largest absolute Gasteiger partial charge is 0.339 e. The van der Waals surface area contributed by atoms with Crippen LogP contribution in [0.25, 0.3) is 11.4 Å². The Balaban J connectivity index is 0.00000161. The summed E-state index contributed by atoms with van der Waals surface area (Å²) in [6.07, 6.45) is 4.35. The van der Waals surface area contributed by atoms with Gasteiger partial charge in [0, 0.05) is 12.0 Å². The fourth-order valence-corrected chi connectivity index (χ4v) is 2.68. The smallest absolute Gasteiger partial charge is 0.227 e. The summed E-state index contributed by atoms with van der Waals surface area (Å²) in [5.74, 6) is 2.15. The van der Waals surface area contributed by atoms with Gasteiger partial charge >= 0.3 is 0 Å². The Kier molecular flexibility index (Phi) is 5.76. The van der Waals surface area contributed by atoms with Gasteiger partial charge in [0.1, 0.15) is 0 Å². The molecule has 1 N–H and O–H groups in total. The first-order chi connectivity index (χ1) is 9.85. The van der Waals surface area contributed by atoms with Crippen LogP contribution >= 0.6 is 12.4 Å². The van der Waals surface area contributed by atoms with E-state index in [-0.39, 0.29) is 12.4 Å². The van der Waals surface area contributed by atoms with Crippen LogP contribution in [0, 0.1) is 5.92 Å². The topological polar surface area (TPSA) is 51.0 Å². The second kappa shape index (κ2) is 7.57. The van der Waals surface area contributed by atoms with E-state index in [1.54, 1.807) is 0 Å². The normalized spacial score (nSPS) is 15.7. The van der Waals surface area contributed by atoms with Crippen molar-refractivity contribution in [2.45, 2.75) is 32.6 Å². The third kappa shape index (κ3) is 4.05. The van der Waals surface area contributed by atoms with Crippen molar-refractivity contribution in [3.8, 4) is 11.4 Å². The minimum atomic E-state index is 0. The van der Waals surface area contributed by atoms with Gasteiger partial charge in [-0.15, -0.1) is 12.4 Å². The monoisotopic (exact) mass is 307 g/mol. The van der Waals surface area contributed by atoms with Crippen molar-refractivity contribution in [2.24, 2.45) is 5.92 Å². The van der Waals surface area contributed by atoms with E-state index in [1.165, 1.54) is 18.4 Å². The molecular weight excluding hydrogens is 286 g/mol. The molecule has 0 atom stereocenters. The Hall–Kier alpha value is -1.39. The molecule has 1 saturated heterocycles. The molecule has 0 amide bonds. The molecule has 1 aliphatic heterocycles. The van der Waals surface area contributed by atoms with Gasteiger partial charge in [-0.1, -0.05) is 36.3 Å². The first kappa shape index (κ1) is 16.0. The van der Waals surface area contributed by atoms with E-state index in [0.29, 0.717) is 11.7 Å². The quantitative estimate of drug-likeness (QED) is 0.942. The summed E-state index contributed by atoms with van der Waals surface area (Å²) < 4.78 is 5.40. The number of hydrogen-bond donors (Lipinski definition) is 1. The highest BCUT2D eigenvalue weighted by molar-refractivity contribution is 5.85. The third-order valence-electron chi connectivity index (χ3n) is 4.01. The lowest BCUT2D eigenvalue weighted by molar-refractivity contribution is 0.313. The van der Waals surface area contributed by atoms with Gasteiger partial charge in [-0.05, 0) is 43.8 Å². The summed E-state index contributed by atoms with van der Waals surface area (Å²) in [5.41, 5.74) is 2.36. The molecule has 5 heteroatoms. The van der Waals surface area contributed by atoms with Gasteiger partial charge in [-0.2, -0.15) is 4.98 Å². The van der Waals surface area contributed by atoms with Crippen LogP contribution in [-0.4, -0.2) is 23.2 Å². The van der Waals surface area contributed by atoms with E-state index in [4.69, 9.17) is 4.52 Å². The van der Waals surface area contributed by atoms with Crippen molar-refractivity contribution in [1.29, 1.82) is 0 Å². The number of halogens is 1. The molecular formula is C16H22ClN3O. The van der Waals surface area contributed by atoms with Gasteiger partial charge in [0.15, 0.2) is 0 Å². The summed E-state index contributed by atoms with van der Waals surface area (Å²) in [7, 11) is 0. The number of piperidine rings is 1. The van der Waals surface area contributed by atoms with Crippen LogP contribution in [0.4, 0.5) is 0 Å². The first-order valence-corrected chi connectivity index (χ1v) is 7.47. The summed E-state index contributed by atoms with van der Waals surface area (Å²) >= 11 is 0. The molecule has 1 aromatic heterocycles. The molecule has 1 fully saturated rings. The molecule has 1 aliphatic rings. The number of rotatable bonds is 4. The lowest BCUT2D eigenvalue weighted by atomic mass is 9.95. The number of benzene rings is 1. The summed E-state index contributed by atoms with van der Waals surface area (Å²) in [6, 6.07) is 8.38. The number of nitrogens with zero attached hydrogens (tertiary/aromatic N) is 2. The molecule has 1 aromatic carbocycles. The molecule has 2 aromatic rings. The second-order valence-electron chi connectivity index (χ2n) is 5.46. The standard InChI is InChI=1S/C16H21N3O.ClH/c1-2-12-3-5-14(6-4-12)16-18-15(20-19-16)11-13-7-9-17-10-8-13;/h3-6,13,17H,2,7-11H2,1H3;1H. The van der Waals surface area contributed by atoms with E-state index in [0.717, 1.165) is 37.4 Å². The molecule has 0 spiro atoms. The van der Waals surface area contributed by atoms with E-state index < -0.39 is 0 Å². The van der Waals surface area contributed by atoms with Crippen LogP contribution in [-0.2, 0) is 12.8 Å². The lowest BCUT2D eigenvalue weighted by Gasteiger charge is -2.20. The van der Waals surface area contributed by atoms with Crippen molar-refractivity contribution in [1.82, 2.24) is 15.5 Å². The van der Waals surface area contributed by atoms with Crippen LogP contribution in [0.15, 0.2) is 28.8 Å². The second-order valence-corrected chi connectivity index (χ2v) is 5.46. The SMILES string of the molecule is CCc1ccc(-c2noc(CC3CCNCC3)n2)cc1.Cl. The zero-order chi connectivity index (χ0) is 13.8. The Bertz CT molecular complexity index is 547. The summed E-state index contributed by atoms with van der Waals surface area (Å²) in [4.78, 5) is 4.53. The average Bonchev–Trinajstić information content (AvgIpc) is 2.97. The van der Waals surface area contributed by atoms with E-state index in [1.807, 2.05) is 0 Å². The number of aryl methyl sites for hydroxylation is 1. The predicted molar refractivity (Wildman–Crippen MR) is 85.7 cm³/mol. The first-order valence-electron chi connectivity index (χ1n) is 7.47. The maximum Gasteiger partial charge on any atom is 0.227 e. The van der Waals surface area contributed by atoms with Crippen molar-refractivity contribution in [3.63, 3.8) is 0 Å². The number of nitrogens with one attached hydrogen (secondary N) is 1. The molecule has 0 saturated carbocycles. The van der Waals surface area contributed by atoms with Crippen LogP contribution in [0.2, 0.25) is 0 Å². The molecule has 0 radical (unpaired) electrons. The third-order valence-corrected chi connectivity index (χ3v) is 4.01. The summed E-state index contributed by atoms with van der Waals surface area (Å²) in [6.45, 7) is 4.36. The molecule has 0 unspecified atom stereocenters. The minimum absolute atomic E-state index is 0. The highest BCUT2D eigenvalue weighted by Gasteiger charge is 2.17. The fraction of sp³-hybridized carbons (Fsp3) is 0.500. The Morgan fingerprint density at radius 2 is 1.90 bits per heavy atom. The Labute approximate surface area is 131 Å². The molecule has 114 valence electrons. The van der Waals surface area contributed by atoms with Crippen LogP contribution in [0.5, 0.6) is 0 Å². The van der Waals surface area contributed by atoms with Crippen LogP contribution < -0.4 is 5.32 Å². The predicted octanol–water partition coefficient (Wildman–Crippen LogP) is 3.26. The fourth-order valence-electron chi connectivity index (χ4n) is 2.68.